The molecular formula is C20H15N5O. The molecule has 0 radical (unpaired) electrons. The van der Waals surface area contributed by atoms with Gasteiger partial charge in [-0.2, -0.15) is 10.4 Å². The predicted octanol–water partition coefficient (Wildman–Crippen LogP) is 3.55. The number of ketones is 1. The van der Waals surface area contributed by atoms with Gasteiger partial charge < -0.3 is 4.98 Å². The van der Waals surface area contributed by atoms with Gasteiger partial charge in [-0.05, 0) is 36.8 Å². The molecule has 4 rings (SSSR count). The highest BCUT2D eigenvalue weighted by Crippen LogP contribution is 2.23. The van der Waals surface area contributed by atoms with Gasteiger partial charge in [0.15, 0.2) is 5.92 Å². The first kappa shape index (κ1) is 15.8. The number of aromatic nitrogens is 4. The Hall–Kier alpha value is -3.72. The third kappa shape index (κ3) is 2.66. The zero-order valence-corrected chi connectivity index (χ0v) is 14.0. The number of benzene rings is 2. The molecule has 0 saturated heterocycles. The number of carbonyl (C=O) groups is 1. The number of aromatic amines is 1. The maximum atomic E-state index is 13.0. The van der Waals surface area contributed by atoms with Crippen LogP contribution in [0, 0.1) is 18.3 Å². The minimum atomic E-state index is -1.03. The Morgan fingerprint density at radius 3 is 2.62 bits per heavy atom. The number of aryl methyl sites for hydroxylation is 1. The second kappa shape index (κ2) is 6.30. The quantitative estimate of drug-likeness (QED) is 0.575. The number of carbonyl (C=O) groups excluding carboxylic acids is 1. The van der Waals surface area contributed by atoms with Gasteiger partial charge in [0.25, 0.3) is 0 Å². The number of Topliss-reactive ketones (excluding diaryl/α,β-unsaturated/α-hetero) is 1. The number of imidazole rings is 1. The number of fused-ring (bicyclic) bond motifs is 1. The van der Waals surface area contributed by atoms with E-state index in [-0.39, 0.29) is 11.5 Å². The Labute approximate surface area is 149 Å². The number of para-hydroxylation sites is 3. The topological polar surface area (TPSA) is 87.4 Å². The molecule has 0 aliphatic heterocycles. The van der Waals surface area contributed by atoms with Gasteiger partial charge in [-0.3, -0.25) is 4.79 Å². The second-order valence-electron chi connectivity index (χ2n) is 6.01. The predicted molar refractivity (Wildman–Crippen MR) is 97.1 cm³/mol. The van der Waals surface area contributed by atoms with Crippen LogP contribution < -0.4 is 0 Å². The molecule has 0 amide bonds. The van der Waals surface area contributed by atoms with E-state index in [4.69, 9.17) is 0 Å². The average molecular weight is 341 g/mol. The summed E-state index contributed by atoms with van der Waals surface area (Å²) < 4.78 is 1.65. The minimum Gasteiger partial charge on any atom is -0.340 e. The van der Waals surface area contributed by atoms with Crippen LogP contribution in [0.15, 0.2) is 60.8 Å². The number of hydrogen-bond donors (Lipinski definition) is 1. The van der Waals surface area contributed by atoms with Crippen molar-refractivity contribution in [2.45, 2.75) is 12.8 Å². The smallest absolute Gasteiger partial charge is 0.208 e. The number of nitrogens with one attached hydrogen (secondary N) is 1. The molecule has 0 saturated carbocycles. The fourth-order valence-electron chi connectivity index (χ4n) is 2.91. The lowest BCUT2D eigenvalue weighted by Gasteiger charge is -2.04. The van der Waals surface area contributed by atoms with E-state index in [1.54, 1.807) is 10.9 Å². The monoisotopic (exact) mass is 341 g/mol. The SMILES string of the molecule is Cc1cn(-c2ccccc2)nc1C(=O)C(C#N)c1nc2ccccc2[nH]1. The molecule has 0 bridgehead atoms. The third-order valence-corrected chi connectivity index (χ3v) is 4.22. The highest BCUT2D eigenvalue weighted by Gasteiger charge is 2.28. The van der Waals surface area contributed by atoms with Crippen molar-refractivity contribution >= 4 is 16.8 Å². The van der Waals surface area contributed by atoms with Gasteiger partial charge in [0.05, 0.1) is 22.8 Å². The zero-order chi connectivity index (χ0) is 18.1. The standard InChI is InChI=1S/C20H15N5O/c1-13-12-25(14-7-3-2-4-8-14)24-18(13)19(26)15(11-21)20-22-16-9-5-6-10-17(16)23-20/h2-10,12,15H,1H3,(H,22,23). The Balaban J connectivity index is 1.72. The van der Waals surface area contributed by atoms with Crippen molar-refractivity contribution in [1.82, 2.24) is 19.7 Å². The Bertz CT molecular complexity index is 1100. The summed E-state index contributed by atoms with van der Waals surface area (Å²) in [4.78, 5) is 20.4. The highest BCUT2D eigenvalue weighted by molar-refractivity contribution is 6.02. The van der Waals surface area contributed by atoms with Crippen LogP contribution in [-0.4, -0.2) is 25.5 Å². The first-order valence-electron chi connectivity index (χ1n) is 8.17. The first-order chi connectivity index (χ1) is 12.7. The van der Waals surface area contributed by atoms with Gasteiger partial charge in [0.2, 0.25) is 5.78 Å². The summed E-state index contributed by atoms with van der Waals surface area (Å²) in [5.41, 5.74) is 3.37. The van der Waals surface area contributed by atoms with Crippen LogP contribution in [0.4, 0.5) is 0 Å². The van der Waals surface area contributed by atoms with Crippen LogP contribution in [0.3, 0.4) is 0 Å². The lowest BCUT2D eigenvalue weighted by Crippen LogP contribution is -2.14. The molecule has 0 fully saturated rings. The number of rotatable bonds is 4. The minimum absolute atomic E-state index is 0.279. The van der Waals surface area contributed by atoms with E-state index >= 15 is 0 Å². The van der Waals surface area contributed by atoms with Crippen molar-refractivity contribution in [2.24, 2.45) is 0 Å². The van der Waals surface area contributed by atoms with Crippen LogP contribution in [0.5, 0.6) is 0 Å². The first-order valence-corrected chi connectivity index (χ1v) is 8.17. The fraction of sp³-hybridized carbons (Fsp3) is 0.100. The van der Waals surface area contributed by atoms with Crippen LogP contribution in [0.2, 0.25) is 0 Å². The molecule has 2 heterocycles. The molecule has 6 nitrogen and oxygen atoms in total. The molecule has 4 aromatic rings. The fourth-order valence-corrected chi connectivity index (χ4v) is 2.91. The molecule has 6 heteroatoms. The molecule has 26 heavy (non-hydrogen) atoms. The van der Waals surface area contributed by atoms with E-state index in [2.05, 4.69) is 21.1 Å². The van der Waals surface area contributed by atoms with Gasteiger partial charge in [-0.1, -0.05) is 30.3 Å². The average Bonchev–Trinajstić information content (AvgIpc) is 3.26. The van der Waals surface area contributed by atoms with E-state index in [1.165, 1.54) is 0 Å². The summed E-state index contributed by atoms with van der Waals surface area (Å²) in [5, 5.41) is 14.0. The summed E-state index contributed by atoms with van der Waals surface area (Å²) >= 11 is 0. The molecule has 126 valence electrons. The molecule has 1 unspecified atom stereocenters. The lowest BCUT2D eigenvalue weighted by molar-refractivity contribution is 0.0970. The lowest BCUT2D eigenvalue weighted by atomic mass is 10.0. The molecule has 0 aliphatic carbocycles. The summed E-state index contributed by atoms with van der Waals surface area (Å²) in [7, 11) is 0. The largest absolute Gasteiger partial charge is 0.340 e. The van der Waals surface area contributed by atoms with Crippen molar-refractivity contribution in [2.75, 3.05) is 0 Å². The highest BCUT2D eigenvalue weighted by atomic mass is 16.1. The van der Waals surface area contributed by atoms with Crippen LogP contribution in [0.25, 0.3) is 16.7 Å². The molecule has 1 N–H and O–H groups in total. The van der Waals surface area contributed by atoms with E-state index in [1.807, 2.05) is 61.5 Å². The Kier molecular flexibility index (Phi) is 3.82. The maximum Gasteiger partial charge on any atom is 0.208 e. The van der Waals surface area contributed by atoms with Gasteiger partial charge in [0, 0.05) is 6.20 Å². The van der Waals surface area contributed by atoms with E-state index in [9.17, 15) is 10.1 Å². The summed E-state index contributed by atoms with van der Waals surface area (Å²) in [5.74, 6) is -1.05. The van der Waals surface area contributed by atoms with E-state index in [0.717, 1.165) is 22.3 Å². The zero-order valence-electron chi connectivity index (χ0n) is 14.0. The third-order valence-electron chi connectivity index (χ3n) is 4.22. The Morgan fingerprint density at radius 2 is 1.88 bits per heavy atom. The van der Waals surface area contributed by atoms with Crippen molar-refractivity contribution in [3.63, 3.8) is 0 Å². The van der Waals surface area contributed by atoms with Gasteiger partial charge >= 0.3 is 0 Å². The summed E-state index contributed by atoms with van der Waals surface area (Å²) in [6, 6.07) is 19.0. The number of nitrogens with zero attached hydrogens (tertiary/aromatic N) is 4. The van der Waals surface area contributed by atoms with Gasteiger partial charge in [-0.25, -0.2) is 9.67 Å². The van der Waals surface area contributed by atoms with E-state index in [0.29, 0.717) is 5.82 Å². The Morgan fingerprint density at radius 1 is 1.15 bits per heavy atom. The van der Waals surface area contributed by atoms with Gasteiger partial charge in [-0.15, -0.1) is 0 Å². The van der Waals surface area contributed by atoms with Crippen molar-refractivity contribution in [3.8, 4) is 11.8 Å². The molecular weight excluding hydrogens is 326 g/mol. The number of hydrogen-bond acceptors (Lipinski definition) is 4. The van der Waals surface area contributed by atoms with Crippen molar-refractivity contribution in [1.29, 1.82) is 5.26 Å². The van der Waals surface area contributed by atoms with Crippen molar-refractivity contribution < 1.29 is 4.79 Å². The molecule has 1 atom stereocenters. The van der Waals surface area contributed by atoms with E-state index < -0.39 is 5.92 Å². The molecule has 0 spiro atoms. The van der Waals surface area contributed by atoms with Crippen molar-refractivity contribution in [3.05, 3.63) is 77.9 Å². The van der Waals surface area contributed by atoms with Crippen LogP contribution in [-0.2, 0) is 0 Å². The normalized spacial score (nSPS) is 12.0. The molecule has 2 aromatic heterocycles. The second-order valence-corrected chi connectivity index (χ2v) is 6.01. The summed E-state index contributed by atoms with van der Waals surface area (Å²) in [6.45, 7) is 1.81. The maximum absolute atomic E-state index is 13.0. The molecule has 0 aliphatic rings. The van der Waals surface area contributed by atoms with Crippen LogP contribution >= 0.6 is 0 Å². The summed E-state index contributed by atoms with van der Waals surface area (Å²) in [6.07, 6.45) is 1.79. The van der Waals surface area contributed by atoms with Gasteiger partial charge in [0.1, 0.15) is 11.5 Å². The number of H-pyrrole nitrogens is 1. The number of nitriles is 1. The van der Waals surface area contributed by atoms with Crippen LogP contribution in [0.1, 0.15) is 27.8 Å². The molecule has 2 aromatic carbocycles.